The molecule has 0 aliphatic heterocycles. The Bertz CT molecular complexity index is 1150. The average molecular weight is 397 g/mol. The lowest BCUT2D eigenvalue weighted by Crippen LogP contribution is -2.14. The summed E-state index contributed by atoms with van der Waals surface area (Å²) >= 11 is 1.01. The molecule has 0 atom stereocenters. The van der Waals surface area contributed by atoms with E-state index in [4.69, 9.17) is 0 Å². The fraction of sp³-hybridized carbons (Fsp3) is 0.188. The van der Waals surface area contributed by atoms with Crippen molar-refractivity contribution in [1.82, 2.24) is 4.98 Å². The predicted molar refractivity (Wildman–Crippen MR) is 99.4 cm³/mol. The molecule has 0 bridgehead atoms. The van der Waals surface area contributed by atoms with Gasteiger partial charge in [0, 0.05) is 6.26 Å². The first-order chi connectivity index (χ1) is 11.7. The lowest BCUT2D eigenvalue weighted by atomic mass is 10.2. The van der Waals surface area contributed by atoms with E-state index < -0.39 is 19.9 Å². The summed E-state index contributed by atoms with van der Waals surface area (Å²) in [4.78, 5) is 4.30. The summed E-state index contributed by atoms with van der Waals surface area (Å²) in [7, 11) is -7.13. The van der Waals surface area contributed by atoms with Crippen molar-refractivity contribution >= 4 is 47.1 Å². The molecule has 2 aromatic carbocycles. The largest absolute Gasteiger partial charge is 0.280 e. The van der Waals surface area contributed by atoms with Crippen LogP contribution in [0.4, 0.5) is 5.69 Å². The maximum Gasteiger partial charge on any atom is 0.262 e. The number of benzene rings is 2. The zero-order valence-corrected chi connectivity index (χ0v) is 16.0. The van der Waals surface area contributed by atoms with Crippen molar-refractivity contribution in [2.24, 2.45) is 0 Å². The van der Waals surface area contributed by atoms with E-state index in [-0.39, 0.29) is 9.24 Å². The summed E-state index contributed by atoms with van der Waals surface area (Å²) in [6.45, 7) is 1.89. The molecule has 0 amide bonds. The number of sulfone groups is 1. The molecule has 3 aromatic rings. The molecule has 0 saturated carbocycles. The number of sulfonamides is 1. The quantitative estimate of drug-likeness (QED) is 0.715. The number of hydrogen-bond donors (Lipinski definition) is 1. The van der Waals surface area contributed by atoms with Crippen molar-refractivity contribution in [1.29, 1.82) is 0 Å². The average Bonchev–Trinajstić information content (AvgIpc) is 2.98. The second kappa shape index (κ2) is 6.40. The summed E-state index contributed by atoms with van der Waals surface area (Å²) in [5.41, 5.74) is 1.61. The Morgan fingerprint density at radius 3 is 2.48 bits per heavy atom. The van der Waals surface area contributed by atoms with E-state index >= 15 is 0 Å². The highest BCUT2D eigenvalue weighted by Crippen LogP contribution is 2.29. The van der Waals surface area contributed by atoms with E-state index in [2.05, 4.69) is 9.71 Å². The van der Waals surface area contributed by atoms with Crippen LogP contribution in [0.1, 0.15) is 12.5 Å². The van der Waals surface area contributed by atoms with Crippen LogP contribution < -0.4 is 4.72 Å². The number of thiazole rings is 1. The standard InChI is InChI=1S/C16H16N2O4S3/c1-3-11-6-4-5-7-15(11)25(21,22)18-12-8-9-13-14(10-12)23-16(17-13)24(2,19)20/h4-10,18H,3H2,1-2H3. The monoisotopic (exact) mass is 396 g/mol. The third-order valence-corrected chi connectivity index (χ3v) is 7.76. The zero-order valence-electron chi connectivity index (χ0n) is 13.6. The maximum absolute atomic E-state index is 12.7. The molecular formula is C16H16N2O4S3. The molecule has 0 unspecified atom stereocenters. The van der Waals surface area contributed by atoms with Gasteiger partial charge in [0.15, 0.2) is 0 Å². The van der Waals surface area contributed by atoms with Crippen LogP contribution in [0.5, 0.6) is 0 Å². The maximum atomic E-state index is 12.7. The van der Waals surface area contributed by atoms with Crippen LogP contribution in [0.3, 0.4) is 0 Å². The first kappa shape index (κ1) is 17.8. The molecule has 1 aromatic heterocycles. The molecule has 132 valence electrons. The number of nitrogens with one attached hydrogen (secondary N) is 1. The minimum Gasteiger partial charge on any atom is -0.280 e. The molecular weight excluding hydrogens is 380 g/mol. The Labute approximate surface area is 150 Å². The first-order valence-electron chi connectivity index (χ1n) is 7.42. The number of nitrogens with zero attached hydrogens (tertiary/aromatic N) is 1. The van der Waals surface area contributed by atoms with E-state index in [1.165, 1.54) is 0 Å². The summed E-state index contributed by atoms with van der Waals surface area (Å²) < 4.78 is 51.7. The number of fused-ring (bicyclic) bond motifs is 1. The number of rotatable bonds is 5. The van der Waals surface area contributed by atoms with E-state index in [1.807, 2.05) is 6.92 Å². The van der Waals surface area contributed by atoms with Crippen LogP contribution in [0.2, 0.25) is 0 Å². The van der Waals surface area contributed by atoms with Gasteiger partial charge in [0.25, 0.3) is 10.0 Å². The highest BCUT2D eigenvalue weighted by Gasteiger charge is 2.19. The van der Waals surface area contributed by atoms with Gasteiger partial charge >= 0.3 is 0 Å². The van der Waals surface area contributed by atoms with Gasteiger partial charge in [-0.15, -0.1) is 11.3 Å². The molecule has 0 aliphatic rings. The molecule has 0 aliphatic carbocycles. The van der Waals surface area contributed by atoms with Gasteiger partial charge in [-0.1, -0.05) is 25.1 Å². The molecule has 1 heterocycles. The van der Waals surface area contributed by atoms with Crippen molar-refractivity contribution < 1.29 is 16.8 Å². The van der Waals surface area contributed by atoms with Gasteiger partial charge in [-0.05, 0) is 36.2 Å². The third-order valence-electron chi connectivity index (χ3n) is 3.58. The Morgan fingerprint density at radius 2 is 1.80 bits per heavy atom. The van der Waals surface area contributed by atoms with Crippen LogP contribution in [0.25, 0.3) is 10.2 Å². The predicted octanol–water partition coefficient (Wildman–Crippen LogP) is 3.06. The van der Waals surface area contributed by atoms with Gasteiger partial charge < -0.3 is 0 Å². The molecule has 1 N–H and O–H groups in total. The molecule has 3 rings (SSSR count). The Balaban J connectivity index is 2.00. The zero-order chi connectivity index (χ0) is 18.2. The van der Waals surface area contributed by atoms with E-state index in [1.54, 1.807) is 42.5 Å². The van der Waals surface area contributed by atoms with Gasteiger partial charge in [-0.3, -0.25) is 4.72 Å². The van der Waals surface area contributed by atoms with Gasteiger partial charge in [0.1, 0.15) is 0 Å². The molecule has 9 heteroatoms. The minimum absolute atomic E-state index is 0.0128. The van der Waals surface area contributed by atoms with Crippen molar-refractivity contribution in [3.63, 3.8) is 0 Å². The Morgan fingerprint density at radius 1 is 1.08 bits per heavy atom. The molecule has 0 radical (unpaired) electrons. The normalized spacial score (nSPS) is 12.4. The molecule has 6 nitrogen and oxygen atoms in total. The van der Waals surface area contributed by atoms with Gasteiger partial charge in [-0.25, -0.2) is 21.8 Å². The summed E-state index contributed by atoms with van der Waals surface area (Å²) in [6, 6.07) is 11.6. The molecule has 0 spiro atoms. The third kappa shape index (κ3) is 3.68. The van der Waals surface area contributed by atoms with Crippen LogP contribution >= 0.6 is 11.3 Å². The molecule has 25 heavy (non-hydrogen) atoms. The lowest BCUT2D eigenvalue weighted by molar-refractivity contribution is 0.599. The van der Waals surface area contributed by atoms with Crippen LogP contribution in [0.15, 0.2) is 51.7 Å². The van der Waals surface area contributed by atoms with Crippen molar-refractivity contribution in [3.05, 3.63) is 48.0 Å². The van der Waals surface area contributed by atoms with Gasteiger partial charge in [0.05, 0.1) is 20.8 Å². The van der Waals surface area contributed by atoms with Crippen LogP contribution in [-0.4, -0.2) is 28.1 Å². The SMILES string of the molecule is CCc1ccccc1S(=O)(=O)Nc1ccc2nc(S(C)(=O)=O)sc2c1. The molecule has 0 saturated heterocycles. The highest BCUT2D eigenvalue weighted by atomic mass is 32.2. The van der Waals surface area contributed by atoms with E-state index in [0.717, 1.165) is 23.2 Å². The highest BCUT2D eigenvalue weighted by molar-refractivity contribution is 7.93. The van der Waals surface area contributed by atoms with E-state index in [9.17, 15) is 16.8 Å². The number of aryl methyl sites for hydroxylation is 1. The summed E-state index contributed by atoms with van der Waals surface area (Å²) in [5.74, 6) is 0. The fourth-order valence-electron chi connectivity index (χ4n) is 2.39. The second-order valence-corrected chi connectivity index (χ2v) is 10.4. The number of aromatic nitrogens is 1. The first-order valence-corrected chi connectivity index (χ1v) is 11.6. The van der Waals surface area contributed by atoms with Crippen LogP contribution in [-0.2, 0) is 26.3 Å². The van der Waals surface area contributed by atoms with Gasteiger partial charge in [-0.2, -0.15) is 0 Å². The van der Waals surface area contributed by atoms with Crippen molar-refractivity contribution in [3.8, 4) is 0 Å². The topological polar surface area (TPSA) is 93.2 Å². The summed E-state index contributed by atoms with van der Waals surface area (Å²) in [5, 5.41) is 0. The van der Waals surface area contributed by atoms with Crippen molar-refractivity contribution in [2.45, 2.75) is 22.6 Å². The fourth-order valence-corrected chi connectivity index (χ4v) is 5.63. The Kier molecular flexibility index (Phi) is 4.56. The Hall–Kier alpha value is -1.97. The molecule has 0 fully saturated rings. The number of anilines is 1. The van der Waals surface area contributed by atoms with Gasteiger partial charge in [0.2, 0.25) is 14.2 Å². The summed E-state index contributed by atoms with van der Waals surface area (Å²) in [6.07, 6.45) is 1.69. The minimum atomic E-state index is -3.73. The lowest BCUT2D eigenvalue weighted by Gasteiger charge is -2.11. The second-order valence-electron chi connectivity index (χ2n) is 5.50. The smallest absolute Gasteiger partial charge is 0.262 e. The van der Waals surface area contributed by atoms with E-state index in [0.29, 0.717) is 22.3 Å². The van der Waals surface area contributed by atoms with Crippen molar-refractivity contribution in [2.75, 3.05) is 11.0 Å². The number of hydrogen-bond acceptors (Lipinski definition) is 6. The van der Waals surface area contributed by atoms with Crippen LogP contribution in [0, 0.1) is 0 Å².